The van der Waals surface area contributed by atoms with Crippen molar-refractivity contribution in [3.8, 4) is 11.5 Å². The number of rotatable bonds is 4. The summed E-state index contributed by atoms with van der Waals surface area (Å²) in [5.41, 5.74) is 0. The molecular weight excluding hydrogens is 286 g/mol. The topological polar surface area (TPSA) is 38.8 Å². The van der Waals surface area contributed by atoms with Crippen molar-refractivity contribution in [2.24, 2.45) is 0 Å². The molecule has 1 heterocycles. The van der Waals surface area contributed by atoms with Crippen molar-refractivity contribution in [1.82, 2.24) is 4.90 Å². The van der Waals surface area contributed by atoms with Crippen molar-refractivity contribution in [3.05, 3.63) is 24.3 Å². The van der Waals surface area contributed by atoms with Gasteiger partial charge in [0.15, 0.2) is 17.6 Å². The second kappa shape index (κ2) is 6.60. The Morgan fingerprint density at radius 2 is 2.00 bits per heavy atom. The van der Waals surface area contributed by atoms with Crippen LogP contribution in [-0.2, 0) is 4.79 Å². The van der Waals surface area contributed by atoms with Gasteiger partial charge in [0.2, 0.25) is 5.91 Å². The Kier molecular flexibility index (Phi) is 5.04. The molecule has 0 spiro atoms. The maximum atomic E-state index is 12.1. The minimum absolute atomic E-state index is 0.0971. The Labute approximate surface area is 130 Å². The summed E-state index contributed by atoms with van der Waals surface area (Å²) < 4.78 is 11.6. The number of hydrogen-bond donors (Lipinski definition) is 0. The van der Waals surface area contributed by atoms with Crippen LogP contribution in [0.5, 0.6) is 11.5 Å². The maximum Gasteiger partial charge on any atom is 0.232 e. The summed E-state index contributed by atoms with van der Waals surface area (Å²) in [6.07, 6.45) is -0.117. The van der Waals surface area contributed by atoms with Crippen LogP contribution in [0.15, 0.2) is 24.3 Å². The Bertz CT molecular complexity index is 499. The molecule has 5 heteroatoms. The van der Waals surface area contributed by atoms with Crippen LogP contribution in [0.3, 0.4) is 0 Å². The first-order valence-electron chi connectivity index (χ1n) is 7.11. The lowest BCUT2D eigenvalue weighted by Crippen LogP contribution is -2.42. The average molecular weight is 309 g/mol. The minimum Gasteiger partial charge on any atom is -0.486 e. The highest BCUT2D eigenvalue weighted by Crippen LogP contribution is 2.31. The van der Waals surface area contributed by atoms with Crippen molar-refractivity contribution in [1.29, 1.82) is 0 Å². The van der Waals surface area contributed by atoms with Crippen molar-refractivity contribution in [3.63, 3.8) is 0 Å². The van der Waals surface area contributed by atoms with E-state index in [4.69, 9.17) is 9.47 Å². The molecule has 1 unspecified atom stereocenters. The average Bonchev–Trinajstić information content (AvgIpc) is 2.43. The zero-order valence-corrected chi connectivity index (χ0v) is 13.9. The molecule has 116 valence electrons. The molecule has 1 aliphatic rings. The van der Waals surface area contributed by atoms with Crippen molar-refractivity contribution >= 4 is 17.7 Å². The van der Waals surface area contributed by atoms with Crippen molar-refractivity contribution in [2.45, 2.75) is 31.6 Å². The van der Waals surface area contributed by atoms with E-state index < -0.39 is 0 Å². The van der Waals surface area contributed by atoms with Gasteiger partial charge in [-0.2, -0.15) is 0 Å². The first kappa shape index (κ1) is 16.0. The predicted octanol–water partition coefficient (Wildman–Crippen LogP) is 2.82. The third kappa shape index (κ3) is 4.84. The number of ether oxygens (including phenoxy) is 2. The van der Waals surface area contributed by atoms with Crippen LogP contribution < -0.4 is 9.47 Å². The second-order valence-electron chi connectivity index (χ2n) is 6.17. The first-order chi connectivity index (χ1) is 9.85. The van der Waals surface area contributed by atoms with Gasteiger partial charge in [-0.1, -0.05) is 32.9 Å². The molecule has 0 saturated carbocycles. The predicted molar refractivity (Wildman–Crippen MR) is 86.2 cm³/mol. The highest BCUT2D eigenvalue weighted by Gasteiger charge is 2.24. The number of nitrogens with zero attached hydrogens (tertiary/aromatic N) is 1. The standard InChI is InChI=1S/C16H23NO3S/c1-16(2,3)21-11-15(18)17(4)9-12-10-19-13-7-5-6-8-14(13)20-12/h5-8,12H,9-11H2,1-4H3. The maximum absolute atomic E-state index is 12.1. The molecule has 1 atom stereocenters. The molecule has 1 amide bonds. The largest absolute Gasteiger partial charge is 0.486 e. The van der Waals surface area contributed by atoms with Gasteiger partial charge in [-0.3, -0.25) is 4.79 Å². The van der Waals surface area contributed by atoms with Crippen LogP contribution in [0, 0.1) is 0 Å². The molecule has 1 aromatic rings. The molecule has 0 fully saturated rings. The van der Waals surface area contributed by atoms with E-state index in [-0.39, 0.29) is 16.8 Å². The lowest BCUT2D eigenvalue weighted by atomic mass is 10.2. The second-order valence-corrected chi connectivity index (χ2v) is 7.98. The highest BCUT2D eigenvalue weighted by atomic mass is 32.2. The fourth-order valence-corrected chi connectivity index (χ4v) is 2.73. The van der Waals surface area contributed by atoms with Crippen LogP contribution in [-0.4, -0.2) is 47.6 Å². The van der Waals surface area contributed by atoms with Gasteiger partial charge in [-0.25, -0.2) is 0 Å². The van der Waals surface area contributed by atoms with Gasteiger partial charge in [0, 0.05) is 11.8 Å². The van der Waals surface area contributed by atoms with E-state index in [0.717, 1.165) is 11.5 Å². The van der Waals surface area contributed by atoms with Gasteiger partial charge in [0.25, 0.3) is 0 Å². The van der Waals surface area contributed by atoms with E-state index in [9.17, 15) is 4.79 Å². The normalized spacial score (nSPS) is 17.4. The number of hydrogen-bond acceptors (Lipinski definition) is 4. The Morgan fingerprint density at radius 3 is 2.67 bits per heavy atom. The molecule has 2 rings (SSSR count). The number of benzene rings is 1. The number of carbonyl (C=O) groups excluding carboxylic acids is 1. The smallest absolute Gasteiger partial charge is 0.232 e. The van der Waals surface area contributed by atoms with E-state index in [1.54, 1.807) is 16.7 Å². The molecule has 0 aromatic heterocycles. The SMILES string of the molecule is CN(CC1COc2ccccc2O1)C(=O)CSC(C)(C)C. The van der Waals surface area contributed by atoms with Gasteiger partial charge >= 0.3 is 0 Å². The lowest BCUT2D eigenvalue weighted by molar-refractivity contribution is -0.128. The van der Waals surface area contributed by atoms with E-state index >= 15 is 0 Å². The summed E-state index contributed by atoms with van der Waals surface area (Å²) in [6, 6.07) is 7.61. The van der Waals surface area contributed by atoms with Crippen molar-refractivity contribution < 1.29 is 14.3 Å². The van der Waals surface area contributed by atoms with Crippen LogP contribution in [0.1, 0.15) is 20.8 Å². The third-order valence-electron chi connectivity index (χ3n) is 3.10. The fourth-order valence-electron chi connectivity index (χ4n) is 1.95. The van der Waals surface area contributed by atoms with Gasteiger partial charge < -0.3 is 14.4 Å². The molecule has 0 radical (unpaired) electrons. The summed E-state index contributed by atoms with van der Waals surface area (Å²) in [7, 11) is 1.81. The summed E-state index contributed by atoms with van der Waals surface area (Å²) in [6.45, 7) is 7.35. The van der Waals surface area contributed by atoms with Gasteiger partial charge in [-0.05, 0) is 12.1 Å². The fraction of sp³-hybridized carbons (Fsp3) is 0.562. The van der Waals surface area contributed by atoms with Crippen LogP contribution >= 0.6 is 11.8 Å². The Balaban J connectivity index is 1.84. The summed E-state index contributed by atoms with van der Waals surface area (Å²) in [4.78, 5) is 13.8. The summed E-state index contributed by atoms with van der Waals surface area (Å²) in [5, 5.41) is 0. The van der Waals surface area contributed by atoms with E-state index in [1.807, 2.05) is 31.3 Å². The van der Waals surface area contributed by atoms with Crippen molar-refractivity contribution in [2.75, 3.05) is 26.0 Å². The zero-order chi connectivity index (χ0) is 15.5. The number of thioether (sulfide) groups is 1. The Morgan fingerprint density at radius 1 is 1.33 bits per heavy atom. The summed E-state index contributed by atoms with van der Waals surface area (Å²) in [5.74, 6) is 2.13. The molecule has 21 heavy (non-hydrogen) atoms. The van der Waals surface area contributed by atoms with Gasteiger partial charge in [0.05, 0.1) is 12.3 Å². The number of carbonyl (C=O) groups is 1. The molecule has 0 N–H and O–H groups in total. The summed E-state index contributed by atoms with van der Waals surface area (Å²) >= 11 is 1.66. The van der Waals surface area contributed by atoms with Gasteiger partial charge in [0.1, 0.15) is 6.61 Å². The molecule has 0 saturated heterocycles. The Hall–Kier alpha value is -1.36. The first-order valence-corrected chi connectivity index (χ1v) is 8.10. The van der Waals surface area contributed by atoms with E-state index in [2.05, 4.69) is 20.8 Å². The molecule has 1 aromatic carbocycles. The molecular formula is C16H23NO3S. The number of fused-ring (bicyclic) bond motifs is 1. The number of likely N-dealkylation sites (N-methyl/N-ethyl adjacent to an activating group) is 1. The van der Waals surface area contributed by atoms with Gasteiger partial charge in [-0.15, -0.1) is 11.8 Å². The number of amides is 1. The monoisotopic (exact) mass is 309 g/mol. The van der Waals surface area contributed by atoms with Crippen LogP contribution in [0.4, 0.5) is 0 Å². The zero-order valence-electron chi connectivity index (χ0n) is 13.1. The minimum atomic E-state index is -0.117. The third-order valence-corrected chi connectivity index (χ3v) is 4.36. The van der Waals surface area contributed by atoms with Crippen LogP contribution in [0.2, 0.25) is 0 Å². The van der Waals surface area contributed by atoms with E-state index in [1.165, 1.54) is 0 Å². The lowest BCUT2D eigenvalue weighted by Gasteiger charge is -2.30. The molecule has 1 aliphatic heterocycles. The quantitative estimate of drug-likeness (QED) is 0.857. The highest BCUT2D eigenvalue weighted by molar-refractivity contribution is 8.01. The molecule has 0 bridgehead atoms. The molecule has 4 nitrogen and oxygen atoms in total. The number of para-hydroxylation sites is 2. The van der Waals surface area contributed by atoms with E-state index in [0.29, 0.717) is 18.9 Å². The van der Waals surface area contributed by atoms with Crippen LogP contribution in [0.25, 0.3) is 0 Å². The molecule has 0 aliphatic carbocycles.